The maximum Gasteiger partial charge on any atom is 0.333 e. The summed E-state index contributed by atoms with van der Waals surface area (Å²) in [7, 11) is 1.76. The van der Waals surface area contributed by atoms with E-state index in [9.17, 15) is 10.1 Å². The largest absolute Gasteiger partial charge is 0.362 e. The zero-order valence-electron chi connectivity index (χ0n) is 12.0. The first-order valence-corrected chi connectivity index (χ1v) is 6.92. The summed E-state index contributed by atoms with van der Waals surface area (Å²) in [5.74, 6) is 1.74. The van der Waals surface area contributed by atoms with Gasteiger partial charge >= 0.3 is 5.69 Å². The average molecular weight is 266 g/mol. The van der Waals surface area contributed by atoms with Crippen LogP contribution in [-0.4, -0.2) is 20.7 Å². The molecule has 1 aromatic heterocycles. The maximum absolute atomic E-state index is 11.2. The van der Waals surface area contributed by atoms with Gasteiger partial charge in [0.2, 0.25) is 5.82 Å². The molecule has 1 saturated carbocycles. The van der Waals surface area contributed by atoms with Gasteiger partial charge in [-0.2, -0.15) is 5.10 Å². The summed E-state index contributed by atoms with van der Waals surface area (Å²) in [4.78, 5) is 10.9. The Labute approximate surface area is 113 Å². The standard InChI is InChI=1S/C13H22N4O2/c1-5-10-12(17(18)19)13(16(4)15-10)14-11-7-6-8(2)9(11)3/h8-9,11,14H,5-7H2,1-4H3. The van der Waals surface area contributed by atoms with Gasteiger partial charge in [-0.25, -0.2) is 4.68 Å². The molecular formula is C13H22N4O2. The van der Waals surface area contributed by atoms with Crippen molar-refractivity contribution in [2.75, 3.05) is 5.32 Å². The predicted molar refractivity (Wildman–Crippen MR) is 74.2 cm³/mol. The molecule has 1 aliphatic carbocycles. The third kappa shape index (κ3) is 2.43. The minimum atomic E-state index is -0.322. The molecule has 1 aliphatic rings. The number of hydrogen-bond acceptors (Lipinski definition) is 4. The Hall–Kier alpha value is -1.59. The van der Waals surface area contributed by atoms with E-state index in [2.05, 4.69) is 24.3 Å². The first kappa shape index (κ1) is 13.8. The third-order valence-corrected chi connectivity index (χ3v) is 4.40. The number of nitro groups is 1. The van der Waals surface area contributed by atoms with Crippen LogP contribution < -0.4 is 5.32 Å². The summed E-state index contributed by atoms with van der Waals surface area (Å²) in [6.45, 7) is 6.33. The van der Waals surface area contributed by atoms with Gasteiger partial charge < -0.3 is 5.32 Å². The molecule has 0 saturated heterocycles. The number of anilines is 1. The summed E-state index contributed by atoms with van der Waals surface area (Å²) in [5, 5.41) is 18.8. The van der Waals surface area contributed by atoms with Crippen LogP contribution in [0.15, 0.2) is 0 Å². The van der Waals surface area contributed by atoms with E-state index in [0.29, 0.717) is 35.8 Å². The highest BCUT2D eigenvalue weighted by Crippen LogP contribution is 2.36. The fourth-order valence-corrected chi connectivity index (χ4v) is 2.90. The van der Waals surface area contributed by atoms with Gasteiger partial charge in [0.25, 0.3) is 0 Å². The molecule has 106 valence electrons. The van der Waals surface area contributed by atoms with E-state index in [4.69, 9.17) is 0 Å². The van der Waals surface area contributed by atoms with Gasteiger partial charge in [0.1, 0.15) is 5.69 Å². The summed E-state index contributed by atoms with van der Waals surface area (Å²) in [6, 6.07) is 0.300. The first-order valence-electron chi connectivity index (χ1n) is 6.92. The molecule has 0 aromatic carbocycles. The van der Waals surface area contributed by atoms with Gasteiger partial charge in [-0.05, 0) is 31.1 Å². The normalized spacial score (nSPS) is 26.6. The highest BCUT2D eigenvalue weighted by molar-refractivity contribution is 5.60. The van der Waals surface area contributed by atoms with Crippen molar-refractivity contribution in [1.82, 2.24) is 9.78 Å². The lowest BCUT2D eigenvalue weighted by molar-refractivity contribution is -0.384. The van der Waals surface area contributed by atoms with Crippen molar-refractivity contribution in [1.29, 1.82) is 0 Å². The summed E-state index contributed by atoms with van der Waals surface area (Å²) in [6.07, 6.45) is 2.81. The second kappa shape index (κ2) is 5.19. The third-order valence-electron chi connectivity index (χ3n) is 4.40. The Morgan fingerprint density at radius 3 is 2.63 bits per heavy atom. The number of aryl methyl sites for hydroxylation is 2. The van der Waals surface area contributed by atoms with E-state index in [1.807, 2.05) is 6.92 Å². The second-order valence-corrected chi connectivity index (χ2v) is 5.54. The number of nitrogens with zero attached hydrogens (tertiary/aromatic N) is 3. The molecular weight excluding hydrogens is 244 g/mol. The van der Waals surface area contributed by atoms with Gasteiger partial charge in [-0.1, -0.05) is 20.8 Å². The molecule has 6 nitrogen and oxygen atoms in total. The molecule has 3 atom stereocenters. The highest BCUT2D eigenvalue weighted by Gasteiger charge is 2.33. The molecule has 0 aliphatic heterocycles. The van der Waals surface area contributed by atoms with E-state index in [0.717, 1.165) is 6.42 Å². The molecule has 3 unspecified atom stereocenters. The van der Waals surface area contributed by atoms with Crippen molar-refractivity contribution in [2.45, 2.75) is 46.1 Å². The van der Waals surface area contributed by atoms with Crippen LogP contribution in [0.4, 0.5) is 11.5 Å². The van der Waals surface area contributed by atoms with Crippen molar-refractivity contribution in [3.63, 3.8) is 0 Å². The first-order chi connectivity index (χ1) is 8.95. The van der Waals surface area contributed by atoms with Crippen molar-refractivity contribution in [3.05, 3.63) is 15.8 Å². The monoisotopic (exact) mass is 266 g/mol. The number of hydrogen-bond donors (Lipinski definition) is 1. The van der Waals surface area contributed by atoms with E-state index >= 15 is 0 Å². The van der Waals surface area contributed by atoms with Crippen LogP contribution in [0, 0.1) is 22.0 Å². The summed E-state index contributed by atoms with van der Waals surface area (Å²) >= 11 is 0. The van der Waals surface area contributed by atoms with Gasteiger partial charge in [-0.3, -0.25) is 10.1 Å². The molecule has 1 heterocycles. The molecule has 19 heavy (non-hydrogen) atoms. The fourth-order valence-electron chi connectivity index (χ4n) is 2.90. The molecule has 0 amide bonds. The Morgan fingerprint density at radius 1 is 1.47 bits per heavy atom. The molecule has 0 bridgehead atoms. The van der Waals surface area contributed by atoms with Crippen molar-refractivity contribution < 1.29 is 4.92 Å². The highest BCUT2D eigenvalue weighted by atomic mass is 16.6. The van der Waals surface area contributed by atoms with Crippen molar-refractivity contribution >= 4 is 11.5 Å². The van der Waals surface area contributed by atoms with Gasteiger partial charge in [-0.15, -0.1) is 0 Å². The van der Waals surface area contributed by atoms with Crippen LogP contribution in [0.3, 0.4) is 0 Å². The molecule has 1 fully saturated rings. The number of nitrogens with one attached hydrogen (secondary N) is 1. The number of aromatic nitrogens is 2. The fraction of sp³-hybridized carbons (Fsp3) is 0.769. The van der Waals surface area contributed by atoms with Crippen LogP contribution in [0.1, 0.15) is 39.3 Å². The molecule has 0 radical (unpaired) electrons. The molecule has 1 N–H and O–H groups in total. The SMILES string of the molecule is CCc1nn(C)c(NC2CCC(C)C2C)c1[N+](=O)[O-]. The number of rotatable bonds is 4. The van der Waals surface area contributed by atoms with Crippen LogP contribution in [0.5, 0.6) is 0 Å². The van der Waals surface area contributed by atoms with Crippen LogP contribution in [-0.2, 0) is 13.5 Å². The smallest absolute Gasteiger partial charge is 0.333 e. The molecule has 1 aromatic rings. The zero-order chi connectivity index (χ0) is 14.2. The molecule has 6 heteroatoms. The lowest BCUT2D eigenvalue weighted by atomic mass is 9.98. The van der Waals surface area contributed by atoms with Gasteiger partial charge in [0.15, 0.2) is 0 Å². The molecule has 2 rings (SSSR count). The van der Waals surface area contributed by atoms with Crippen LogP contribution >= 0.6 is 0 Å². The minimum Gasteiger partial charge on any atom is -0.362 e. The van der Waals surface area contributed by atoms with Crippen molar-refractivity contribution in [3.8, 4) is 0 Å². The Bertz CT molecular complexity index is 483. The van der Waals surface area contributed by atoms with Gasteiger partial charge in [0.05, 0.1) is 4.92 Å². The minimum absolute atomic E-state index is 0.136. The Kier molecular flexibility index (Phi) is 3.78. The van der Waals surface area contributed by atoms with Crippen molar-refractivity contribution in [2.24, 2.45) is 18.9 Å². The van der Waals surface area contributed by atoms with E-state index < -0.39 is 0 Å². The maximum atomic E-state index is 11.2. The quantitative estimate of drug-likeness (QED) is 0.671. The average Bonchev–Trinajstić information content (AvgIpc) is 2.84. The molecule has 0 spiro atoms. The predicted octanol–water partition coefficient (Wildman–Crippen LogP) is 2.74. The second-order valence-electron chi connectivity index (χ2n) is 5.54. The topological polar surface area (TPSA) is 73.0 Å². The van der Waals surface area contributed by atoms with E-state index in [-0.39, 0.29) is 10.6 Å². The van der Waals surface area contributed by atoms with Crippen LogP contribution in [0.25, 0.3) is 0 Å². The van der Waals surface area contributed by atoms with Crippen LogP contribution in [0.2, 0.25) is 0 Å². The lowest BCUT2D eigenvalue weighted by Gasteiger charge is -2.20. The van der Waals surface area contributed by atoms with Gasteiger partial charge in [0, 0.05) is 13.1 Å². The Balaban J connectivity index is 2.29. The zero-order valence-corrected chi connectivity index (χ0v) is 12.0. The summed E-state index contributed by atoms with van der Waals surface area (Å²) in [5.41, 5.74) is 0.686. The van der Waals surface area contributed by atoms with E-state index in [1.54, 1.807) is 11.7 Å². The Morgan fingerprint density at radius 2 is 2.16 bits per heavy atom. The lowest BCUT2D eigenvalue weighted by Crippen LogP contribution is -2.25. The van der Waals surface area contributed by atoms with E-state index in [1.165, 1.54) is 6.42 Å². The summed E-state index contributed by atoms with van der Waals surface area (Å²) < 4.78 is 1.60.